The molecular weight excluding hydrogens is 160 g/mol. The molecule has 0 aromatic carbocycles. The van der Waals surface area contributed by atoms with Crippen molar-refractivity contribution in [2.75, 3.05) is 0 Å². The maximum absolute atomic E-state index is 4.42. The molecule has 1 aromatic rings. The molecule has 72 valence electrons. The highest BCUT2D eigenvalue weighted by atomic mass is 14.9. The van der Waals surface area contributed by atoms with Crippen molar-refractivity contribution in [2.24, 2.45) is 0 Å². The highest BCUT2D eigenvalue weighted by Gasteiger charge is 1.98. The number of nitrogens with one attached hydrogen (secondary N) is 1. The minimum Gasteiger partial charge on any atom is -0.309 e. The molecule has 0 radical (unpaired) electrons. The van der Waals surface area contributed by atoms with Gasteiger partial charge in [0.25, 0.3) is 0 Å². The third-order valence-electron chi connectivity index (χ3n) is 2.19. The third kappa shape index (κ3) is 3.55. The second kappa shape index (κ2) is 4.97. The number of rotatable bonds is 4. The quantitative estimate of drug-likeness (QED) is 0.765. The predicted molar refractivity (Wildman–Crippen MR) is 55.6 cm³/mol. The first-order chi connectivity index (χ1) is 6.22. The monoisotopic (exact) mass is 178 g/mol. The molecule has 0 fully saturated rings. The number of nitrogens with zero attached hydrogens (tertiary/aromatic N) is 1. The lowest BCUT2D eigenvalue weighted by Crippen LogP contribution is -2.24. The van der Waals surface area contributed by atoms with E-state index >= 15 is 0 Å². The maximum atomic E-state index is 4.42. The molecule has 0 spiro atoms. The van der Waals surface area contributed by atoms with Gasteiger partial charge >= 0.3 is 0 Å². The van der Waals surface area contributed by atoms with Crippen LogP contribution in [0.3, 0.4) is 0 Å². The predicted octanol–water partition coefficient (Wildman–Crippen LogP) is 2.28. The molecule has 1 heterocycles. The van der Waals surface area contributed by atoms with Crippen LogP contribution in [0.15, 0.2) is 18.2 Å². The Morgan fingerprint density at radius 3 is 2.85 bits per heavy atom. The fourth-order valence-electron chi connectivity index (χ4n) is 1.12. The van der Waals surface area contributed by atoms with Crippen LogP contribution in [-0.2, 0) is 6.54 Å². The second-order valence-corrected chi connectivity index (χ2v) is 3.46. The molecule has 0 saturated heterocycles. The van der Waals surface area contributed by atoms with E-state index in [4.69, 9.17) is 0 Å². The van der Waals surface area contributed by atoms with Crippen molar-refractivity contribution in [2.45, 2.75) is 39.8 Å². The third-order valence-corrected chi connectivity index (χ3v) is 2.19. The van der Waals surface area contributed by atoms with Gasteiger partial charge in [0.05, 0.1) is 5.69 Å². The van der Waals surface area contributed by atoms with Crippen LogP contribution in [0, 0.1) is 6.92 Å². The van der Waals surface area contributed by atoms with Crippen LogP contribution >= 0.6 is 0 Å². The molecule has 1 atom stereocenters. The molecule has 1 rings (SSSR count). The van der Waals surface area contributed by atoms with Crippen molar-refractivity contribution in [3.8, 4) is 0 Å². The summed E-state index contributed by atoms with van der Waals surface area (Å²) in [5.41, 5.74) is 2.21. The Balaban J connectivity index is 2.45. The zero-order valence-corrected chi connectivity index (χ0v) is 8.67. The summed E-state index contributed by atoms with van der Waals surface area (Å²) in [6.07, 6.45) is 1.16. The Hall–Kier alpha value is -0.890. The van der Waals surface area contributed by atoms with Crippen molar-refractivity contribution in [3.05, 3.63) is 29.6 Å². The van der Waals surface area contributed by atoms with Gasteiger partial charge in [-0.25, -0.2) is 0 Å². The summed E-state index contributed by atoms with van der Waals surface area (Å²) < 4.78 is 0. The lowest BCUT2D eigenvalue weighted by molar-refractivity contribution is 0.529. The number of aromatic nitrogens is 1. The van der Waals surface area contributed by atoms with Gasteiger partial charge in [-0.3, -0.25) is 4.98 Å². The summed E-state index contributed by atoms with van der Waals surface area (Å²) in [6, 6.07) is 6.70. The summed E-state index contributed by atoms with van der Waals surface area (Å²) in [7, 11) is 0. The van der Waals surface area contributed by atoms with Gasteiger partial charge in [-0.1, -0.05) is 13.0 Å². The van der Waals surface area contributed by atoms with E-state index in [1.165, 1.54) is 0 Å². The standard InChI is InChI=1S/C11H18N2/c1-4-9(2)12-8-11-7-5-6-10(3)13-11/h5-7,9,12H,4,8H2,1-3H3. The van der Waals surface area contributed by atoms with Crippen LogP contribution in [0.25, 0.3) is 0 Å². The first-order valence-electron chi connectivity index (χ1n) is 4.88. The van der Waals surface area contributed by atoms with E-state index in [0.29, 0.717) is 6.04 Å². The maximum Gasteiger partial charge on any atom is 0.0544 e. The van der Waals surface area contributed by atoms with Crippen molar-refractivity contribution in [1.29, 1.82) is 0 Å². The number of hydrogen-bond donors (Lipinski definition) is 1. The van der Waals surface area contributed by atoms with E-state index < -0.39 is 0 Å². The fraction of sp³-hybridized carbons (Fsp3) is 0.545. The van der Waals surface area contributed by atoms with Crippen LogP contribution in [0.4, 0.5) is 0 Å². The van der Waals surface area contributed by atoms with Gasteiger partial charge in [-0.05, 0) is 32.4 Å². The first kappa shape index (κ1) is 10.2. The molecular formula is C11H18N2. The van der Waals surface area contributed by atoms with Gasteiger partial charge in [-0.15, -0.1) is 0 Å². The van der Waals surface area contributed by atoms with E-state index in [9.17, 15) is 0 Å². The lowest BCUT2D eigenvalue weighted by Gasteiger charge is -2.10. The Morgan fingerprint density at radius 1 is 1.46 bits per heavy atom. The number of hydrogen-bond acceptors (Lipinski definition) is 2. The smallest absolute Gasteiger partial charge is 0.0544 e. The molecule has 2 nitrogen and oxygen atoms in total. The van der Waals surface area contributed by atoms with Crippen LogP contribution in [0.5, 0.6) is 0 Å². The number of aryl methyl sites for hydroxylation is 1. The van der Waals surface area contributed by atoms with Gasteiger partial charge in [-0.2, -0.15) is 0 Å². The average molecular weight is 178 g/mol. The molecule has 0 saturated carbocycles. The minimum absolute atomic E-state index is 0.572. The summed E-state index contributed by atoms with van der Waals surface area (Å²) in [5.74, 6) is 0. The molecule has 1 aromatic heterocycles. The van der Waals surface area contributed by atoms with Crippen LogP contribution < -0.4 is 5.32 Å². The molecule has 1 unspecified atom stereocenters. The van der Waals surface area contributed by atoms with Crippen LogP contribution in [0.1, 0.15) is 31.7 Å². The van der Waals surface area contributed by atoms with Gasteiger partial charge in [0.1, 0.15) is 0 Å². The Labute approximate surface area is 80.4 Å². The van der Waals surface area contributed by atoms with Gasteiger partial charge < -0.3 is 5.32 Å². The van der Waals surface area contributed by atoms with Crippen molar-refractivity contribution in [1.82, 2.24) is 10.3 Å². The summed E-state index contributed by atoms with van der Waals surface area (Å²) in [6.45, 7) is 7.26. The van der Waals surface area contributed by atoms with Gasteiger partial charge in [0.15, 0.2) is 0 Å². The van der Waals surface area contributed by atoms with Gasteiger partial charge in [0.2, 0.25) is 0 Å². The SMILES string of the molecule is CCC(C)NCc1cccc(C)n1. The van der Waals surface area contributed by atoms with E-state index in [0.717, 1.165) is 24.4 Å². The Bertz CT molecular complexity index is 258. The normalized spacial score (nSPS) is 12.8. The summed E-state index contributed by atoms with van der Waals surface area (Å²) in [4.78, 5) is 4.42. The minimum atomic E-state index is 0.572. The van der Waals surface area contributed by atoms with E-state index in [1.54, 1.807) is 0 Å². The molecule has 13 heavy (non-hydrogen) atoms. The van der Waals surface area contributed by atoms with E-state index in [1.807, 2.05) is 13.0 Å². The second-order valence-electron chi connectivity index (χ2n) is 3.46. The molecule has 2 heteroatoms. The topological polar surface area (TPSA) is 24.9 Å². The molecule has 0 bridgehead atoms. The largest absolute Gasteiger partial charge is 0.309 e. The van der Waals surface area contributed by atoms with Crippen LogP contribution in [-0.4, -0.2) is 11.0 Å². The Morgan fingerprint density at radius 2 is 2.23 bits per heavy atom. The Kier molecular flexibility index (Phi) is 3.90. The van der Waals surface area contributed by atoms with Crippen LogP contribution in [0.2, 0.25) is 0 Å². The summed E-state index contributed by atoms with van der Waals surface area (Å²) >= 11 is 0. The van der Waals surface area contributed by atoms with E-state index in [-0.39, 0.29) is 0 Å². The lowest BCUT2D eigenvalue weighted by atomic mass is 10.2. The molecule has 0 aliphatic heterocycles. The van der Waals surface area contributed by atoms with Gasteiger partial charge in [0, 0.05) is 18.3 Å². The van der Waals surface area contributed by atoms with Crippen molar-refractivity contribution < 1.29 is 0 Å². The molecule has 0 amide bonds. The number of pyridine rings is 1. The van der Waals surface area contributed by atoms with Crippen molar-refractivity contribution >= 4 is 0 Å². The van der Waals surface area contributed by atoms with E-state index in [2.05, 4.69) is 36.3 Å². The average Bonchev–Trinajstić information content (AvgIpc) is 2.14. The molecule has 0 aliphatic rings. The molecule has 1 N–H and O–H groups in total. The highest BCUT2D eigenvalue weighted by Crippen LogP contribution is 1.98. The van der Waals surface area contributed by atoms with Crippen molar-refractivity contribution in [3.63, 3.8) is 0 Å². The first-order valence-corrected chi connectivity index (χ1v) is 4.88. The zero-order chi connectivity index (χ0) is 9.68. The molecule has 0 aliphatic carbocycles. The highest BCUT2D eigenvalue weighted by molar-refractivity contribution is 5.09. The zero-order valence-electron chi connectivity index (χ0n) is 8.67. The fourth-order valence-corrected chi connectivity index (χ4v) is 1.12. The summed E-state index contributed by atoms with van der Waals surface area (Å²) in [5, 5.41) is 3.41.